The van der Waals surface area contributed by atoms with Gasteiger partial charge in [0.05, 0.1) is 11.9 Å². The molecule has 0 saturated carbocycles. The highest BCUT2D eigenvalue weighted by Crippen LogP contribution is 2.43. The van der Waals surface area contributed by atoms with Gasteiger partial charge in [-0.05, 0) is 51.3 Å². The average Bonchev–Trinajstić information content (AvgIpc) is 3.24. The number of hydrogen-bond acceptors (Lipinski definition) is 5. The predicted octanol–water partition coefficient (Wildman–Crippen LogP) is 2.35. The van der Waals surface area contributed by atoms with Crippen molar-refractivity contribution in [3.63, 3.8) is 0 Å². The van der Waals surface area contributed by atoms with Crippen LogP contribution >= 0.6 is 0 Å². The summed E-state index contributed by atoms with van der Waals surface area (Å²) in [7, 11) is 1.99. The van der Waals surface area contributed by atoms with E-state index in [-0.39, 0.29) is 11.0 Å². The summed E-state index contributed by atoms with van der Waals surface area (Å²) in [4.78, 5) is 27.5. The maximum absolute atomic E-state index is 12.8. The van der Waals surface area contributed by atoms with Crippen LogP contribution in [0.25, 0.3) is 11.4 Å². The zero-order valence-corrected chi connectivity index (χ0v) is 17.0. The van der Waals surface area contributed by atoms with Gasteiger partial charge in [-0.1, -0.05) is 0 Å². The Hall–Kier alpha value is -2.80. The quantitative estimate of drug-likeness (QED) is 0.743. The minimum atomic E-state index is -0.0328. The summed E-state index contributed by atoms with van der Waals surface area (Å²) in [6.07, 6.45) is 9.48. The van der Waals surface area contributed by atoms with Gasteiger partial charge < -0.3 is 4.98 Å². The van der Waals surface area contributed by atoms with Crippen molar-refractivity contribution >= 4 is 0 Å². The maximum atomic E-state index is 12.8. The molecule has 1 unspecified atom stereocenters. The molecule has 3 aromatic heterocycles. The van der Waals surface area contributed by atoms with Gasteiger partial charge in [0, 0.05) is 60.3 Å². The molecule has 4 heterocycles. The number of fused-ring (bicyclic) bond motifs is 2. The lowest BCUT2D eigenvalue weighted by atomic mass is 9.77. The van der Waals surface area contributed by atoms with Crippen molar-refractivity contribution < 1.29 is 0 Å². The molecule has 7 heteroatoms. The SMILES string of the molecule is Cc1c(CN2CCCC3(CCc4c3nc(-c3cccnc3)[nH]c4=O)C2)cnn1C. The third-order valence-corrected chi connectivity index (χ3v) is 6.69. The molecule has 0 bridgehead atoms. The number of aromatic amines is 1. The first-order chi connectivity index (χ1) is 14.1. The van der Waals surface area contributed by atoms with E-state index in [0.29, 0.717) is 5.82 Å². The molecular weight excluding hydrogens is 364 g/mol. The van der Waals surface area contributed by atoms with Gasteiger partial charge in [-0.2, -0.15) is 5.10 Å². The zero-order chi connectivity index (χ0) is 20.0. The smallest absolute Gasteiger partial charge is 0.254 e. The Labute approximate surface area is 169 Å². The van der Waals surface area contributed by atoms with Crippen LogP contribution in [0.1, 0.15) is 41.8 Å². The number of H-pyrrole nitrogens is 1. The number of nitrogens with zero attached hydrogens (tertiary/aromatic N) is 5. The number of nitrogens with one attached hydrogen (secondary N) is 1. The van der Waals surface area contributed by atoms with Crippen LogP contribution < -0.4 is 5.56 Å². The molecule has 1 N–H and O–H groups in total. The van der Waals surface area contributed by atoms with E-state index in [2.05, 4.69) is 26.9 Å². The van der Waals surface area contributed by atoms with Gasteiger partial charge >= 0.3 is 0 Å². The van der Waals surface area contributed by atoms with Gasteiger partial charge in [-0.25, -0.2) is 4.98 Å². The number of aromatic nitrogens is 5. The molecule has 29 heavy (non-hydrogen) atoms. The van der Waals surface area contributed by atoms with E-state index in [1.807, 2.05) is 30.1 Å². The molecular formula is C22H26N6O. The highest BCUT2D eigenvalue weighted by molar-refractivity contribution is 5.54. The summed E-state index contributed by atoms with van der Waals surface area (Å²) in [6.45, 7) is 5.03. The lowest BCUT2D eigenvalue weighted by Gasteiger charge is -2.40. The van der Waals surface area contributed by atoms with Gasteiger partial charge in [0.2, 0.25) is 0 Å². The fraction of sp³-hybridized carbons (Fsp3) is 0.455. The fourth-order valence-electron chi connectivity index (χ4n) is 4.99. The molecule has 1 aliphatic carbocycles. The first kappa shape index (κ1) is 18.2. The van der Waals surface area contributed by atoms with Crippen LogP contribution in [0, 0.1) is 6.92 Å². The molecule has 7 nitrogen and oxygen atoms in total. The van der Waals surface area contributed by atoms with E-state index in [0.717, 1.165) is 62.1 Å². The van der Waals surface area contributed by atoms with Crippen LogP contribution in [0.2, 0.25) is 0 Å². The Morgan fingerprint density at radius 3 is 2.93 bits per heavy atom. The topological polar surface area (TPSA) is 79.7 Å². The van der Waals surface area contributed by atoms with E-state index in [4.69, 9.17) is 4.98 Å². The summed E-state index contributed by atoms with van der Waals surface area (Å²) in [5, 5.41) is 4.39. The van der Waals surface area contributed by atoms with Crippen molar-refractivity contribution in [3.8, 4) is 11.4 Å². The number of hydrogen-bond donors (Lipinski definition) is 1. The Balaban J connectivity index is 1.49. The lowest BCUT2D eigenvalue weighted by Crippen LogP contribution is -2.45. The first-order valence-electron chi connectivity index (χ1n) is 10.3. The Kier molecular flexibility index (Phi) is 4.35. The molecule has 1 spiro atoms. The van der Waals surface area contributed by atoms with E-state index in [9.17, 15) is 4.79 Å². The molecule has 0 aromatic carbocycles. The Morgan fingerprint density at radius 2 is 2.17 bits per heavy atom. The molecule has 1 atom stereocenters. The summed E-state index contributed by atoms with van der Waals surface area (Å²) in [5.74, 6) is 0.628. The van der Waals surface area contributed by atoms with Crippen LogP contribution in [0.15, 0.2) is 35.5 Å². The van der Waals surface area contributed by atoms with Crippen LogP contribution in [0.4, 0.5) is 0 Å². The fourth-order valence-corrected chi connectivity index (χ4v) is 4.99. The normalized spacial score (nSPS) is 21.6. The van der Waals surface area contributed by atoms with Crippen LogP contribution in [0.5, 0.6) is 0 Å². The molecule has 2 aliphatic rings. The van der Waals surface area contributed by atoms with Gasteiger partial charge in [-0.3, -0.25) is 19.4 Å². The van der Waals surface area contributed by atoms with Gasteiger partial charge in [0.15, 0.2) is 0 Å². The van der Waals surface area contributed by atoms with Crippen molar-refractivity contribution in [2.75, 3.05) is 13.1 Å². The average molecular weight is 390 g/mol. The molecule has 1 fully saturated rings. The van der Waals surface area contributed by atoms with Crippen molar-refractivity contribution in [1.29, 1.82) is 0 Å². The number of aryl methyl sites for hydroxylation is 1. The van der Waals surface area contributed by atoms with Gasteiger partial charge in [0.25, 0.3) is 5.56 Å². The van der Waals surface area contributed by atoms with Crippen LogP contribution in [0.3, 0.4) is 0 Å². The third-order valence-electron chi connectivity index (χ3n) is 6.69. The van der Waals surface area contributed by atoms with E-state index < -0.39 is 0 Å². The van der Waals surface area contributed by atoms with E-state index in [1.54, 1.807) is 12.4 Å². The number of pyridine rings is 1. The first-order valence-corrected chi connectivity index (χ1v) is 10.3. The number of likely N-dealkylation sites (tertiary alicyclic amines) is 1. The molecule has 0 amide bonds. The second kappa shape index (κ2) is 6.91. The minimum absolute atomic E-state index is 0.00551. The van der Waals surface area contributed by atoms with E-state index in [1.165, 1.54) is 11.3 Å². The van der Waals surface area contributed by atoms with Crippen molar-refractivity contribution in [1.82, 2.24) is 29.6 Å². The molecule has 5 rings (SSSR count). The van der Waals surface area contributed by atoms with Crippen molar-refractivity contribution in [2.24, 2.45) is 7.05 Å². The molecule has 1 saturated heterocycles. The summed E-state index contributed by atoms with van der Waals surface area (Å²) >= 11 is 0. The Morgan fingerprint density at radius 1 is 1.28 bits per heavy atom. The molecule has 3 aromatic rings. The van der Waals surface area contributed by atoms with Crippen LogP contribution in [-0.2, 0) is 25.4 Å². The summed E-state index contributed by atoms with van der Waals surface area (Å²) < 4.78 is 1.93. The Bertz CT molecular complexity index is 1100. The predicted molar refractivity (Wildman–Crippen MR) is 111 cm³/mol. The molecule has 0 radical (unpaired) electrons. The van der Waals surface area contributed by atoms with Gasteiger partial charge in [-0.15, -0.1) is 0 Å². The molecule has 1 aliphatic heterocycles. The molecule has 150 valence electrons. The third kappa shape index (κ3) is 3.09. The lowest BCUT2D eigenvalue weighted by molar-refractivity contribution is 0.136. The second-order valence-corrected chi connectivity index (χ2v) is 8.46. The second-order valence-electron chi connectivity index (χ2n) is 8.46. The van der Waals surface area contributed by atoms with Gasteiger partial charge in [0.1, 0.15) is 5.82 Å². The monoisotopic (exact) mass is 390 g/mol. The van der Waals surface area contributed by atoms with Crippen molar-refractivity contribution in [2.45, 2.75) is 44.6 Å². The highest BCUT2D eigenvalue weighted by Gasteiger charge is 2.44. The number of piperidine rings is 1. The highest BCUT2D eigenvalue weighted by atomic mass is 16.1. The minimum Gasteiger partial charge on any atom is -0.306 e. The summed E-state index contributed by atoms with van der Waals surface area (Å²) in [6, 6.07) is 3.81. The zero-order valence-electron chi connectivity index (χ0n) is 17.0. The standard InChI is InChI=1S/C22H26N6O/c1-15-17(12-24-27(15)2)13-28-10-4-7-22(14-28)8-6-18-19(22)25-20(26-21(18)29)16-5-3-9-23-11-16/h3,5,9,11-12H,4,6-8,10,13-14H2,1-2H3,(H,25,26,29). The maximum Gasteiger partial charge on any atom is 0.254 e. The largest absolute Gasteiger partial charge is 0.306 e. The van der Waals surface area contributed by atoms with Crippen molar-refractivity contribution in [3.05, 3.63) is 63.6 Å². The number of rotatable bonds is 3. The van der Waals surface area contributed by atoms with Crippen LogP contribution in [-0.4, -0.2) is 42.7 Å². The summed E-state index contributed by atoms with van der Waals surface area (Å²) in [5.41, 5.74) is 5.20. The van der Waals surface area contributed by atoms with E-state index >= 15 is 0 Å².